The van der Waals surface area contributed by atoms with E-state index in [2.05, 4.69) is 18.5 Å². The van der Waals surface area contributed by atoms with Crippen molar-refractivity contribution in [3.63, 3.8) is 0 Å². The van der Waals surface area contributed by atoms with E-state index < -0.39 is 0 Å². The number of phenols is 1. The highest BCUT2D eigenvalue weighted by molar-refractivity contribution is 7.98. The van der Waals surface area contributed by atoms with Crippen molar-refractivity contribution in [3.8, 4) is 5.75 Å². The summed E-state index contributed by atoms with van der Waals surface area (Å²) in [6.45, 7) is 3.02. The molecule has 15 heavy (non-hydrogen) atoms. The average Bonchev–Trinajstić information content (AvgIpc) is 2.23. The molecule has 0 heterocycles. The van der Waals surface area contributed by atoms with Crippen LogP contribution in [0.1, 0.15) is 18.9 Å². The summed E-state index contributed by atoms with van der Waals surface area (Å²) in [5, 5.41) is 12.7. The minimum Gasteiger partial charge on any atom is -0.508 e. The quantitative estimate of drug-likeness (QED) is 0.780. The molecule has 0 bridgehead atoms. The fraction of sp³-hybridized carbons (Fsp3) is 0.500. The van der Waals surface area contributed by atoms with E-state index in [-0.39, 0.29) is 0 Å². The maximum Gasteiger partial charge on any atom is 0.115 e. The van der Waals surface area contributed by atoms with E-state index in [1.165, 1.54) is 12.2 Å². The Morgan fingerprint density at radius 1 is 1.47 bits per heavy atom. The molecule has 0 amide bonds. The molecular weight excluding hydrogens is 206 g/mol. The predicted molar refractivity (Wildman–Crippen MR) is 67.4 cm³/mol. The lowest BCUT2D eigenvalue weighted by atomic mass is 10.2. The number of phenolic OH excluding ortho intramolecular Hbond substituents is 1. The smallest absolute Gasteiger partial charge is 0.115 e. The van der Waals surface area contributed by atoms with Crippen molar-refractivity contribution in [2.75, 3.05) is 12.0 Å². The summed E-state index contributed by atoms with van der Waals surface area (Å²) in [4.78, 5) is 0. The van der Waals surface area contributed by atoms with Crippen LogP contribution in [0, 0.1) is 0 Å². The third-order valence-corrected chi connectivity index (χ3v) is 2.96. The molecule has 0 aliphatic heterocycles. The van der Waals surface area contributed by atoms with Gasteiger partial charge in [-0.05, 0) is 43.0 Å². The monoisotopic (exact) mass is 225 g/mol. The summed E-state index contributed by atoms with van der Waals surface area (Å²) in [6.07, 6.45) is 3.31. The van der Waals surface area contributed by atoms with Crippen molar-refractivity contribution in [3.05, 3.63) is 29.8 Å². The van der Waals surface area contributed by atoms with Crippen LogP contribution in [0.2, 0.25) is 0 Å². The zero-order valence-electron chi connectivity index (χ0n) is 9.36. The van der Waals surface area contributed by atoms with Crippen molar-refractivity contribution in [1.82, 2.24) is 5.32 Å². The van der Waals surface area contributed by atoms with E-state index >= 15 is 0 Å². The lowest BCUT2D eigenvalue weighted by Crippen LogP contribution is -2.25. The highest BCUT2D eigenvalue weighted by atomic mass is 32.2. The Hall–Kier alpha value is -0.670. The van der Waals surface area contributed by atoms with E-state index in [1.807, 2.05) is 23.9 Å². The second kappa shape index (κ2) is 6.75. The zero-order chi connectivity index (χ0) is 11.1. The van der Waals surface area contributed by atoms with Gasteiger partial charge in [0, 0.05) is 12.6 Å². The van der Waals surface area contributed by atoms with Gasteiger partial charge < -0.3 is 10.4 Å². The third-order valence-electron chi connectivity index (χ3n) is 2.32. The number of thioether (sulfide) groups is 1. The van der Waals surface area contributed by atoms with Crippen LogP contribution >= 0.6 is 11.8 Å². The number of benzene rings is 1. The Balaban J connectivity index is 2.30. The van der Waals surface area contributed by atoms with Gasteiger partial charge in [-0.3, -0.25) is 0 Å². The molecular formula is C12H19NOS. The van der Waals surface area contributed by atoms with Crippen LogP contribution in [0.15, 0.2) is 24.3 Å². The molecule has 2 N–H and O–H groups in total. The fourth-order valence-corrected chi connectivity index (χ4v) is 1.94. The van der Waals surface area contributed by atoms with Crippen molar-refractivity contribution in [2.45, 2.75) is 25.9 Å². The number of hydrogen-bond acceptors (Lipinski definition) is 3. The Bertz CT molecular complexity index is 291. The summed E-state index contributed by atoms with van der Waals surface area (Å²) in [5.74, 6) is 1.53. The van der Waals surface area contributed by atoms with Gasteiger partial charge >= 0.3 is 0 Å². The molecule has 0 fully saturated rings. The van der Waals surface area contributed by atoms with E-state index in [1.54, 1.807) is 12.1 Å². The molecule has 0 saturated carbocycles. The summed E-state index contributed by atoms with van der Waals surface area (Å²) in [6, 6.07) is 7.92. The predicted octanol–water partition coefficient (Wildman–Crippen LogP) is 2.62. The topological polar surface area (TPSA) is 32.3 Å². The van der Waals surface area contributed by atoms with E-state index in [4.69, 9.17) is 0 Å². The van der Waals surface area contributed by atoms with Gasteiger partial charge in [-0.25, -0.2) is 0 Å². The molecule has 1 aromatic rings. The highest BCUT2D eigenvalue weighted by Gasteiger charge is 2.01. The standard InChI is InChI=1S/C12H19NOS/c1-10(6-7-15-2)13-9-11-4-3-5-12(14)8-11/h3-5,8,10,13-14H,6-7,9H2,1-2H3. The van der Waals surface area contributed by atoms with E-state index in [0.717, 1.165) is 12.1 Å². The normalized spacial score (nSPS) is 12.7. The first kappa shape index (κ1) is 12.4. The van der Waals surface area contributed by atoms with Gasteiger partial charge in [0.2, 0.25) is 0 Å². The maximum atomic E-state index is 9.29. The van der Waals surface area contributed by atoms with Gasteiger partial charge in [-0.2, -0.15) is 11.8 Å². The molecule has 1 unspecified atom stereocenters. The third kappa shape index (κ3) is 5.09. The van der Waals surface area contributed by atoms with Crippen LogP contribution in [0.5, 0.6) is 5.75 Å². The van der Waals surface area contributed by atoms with Gasteiger partial charge in [0.25, 0.3) is 0 Å². The molecule has 3 heteroatoms. The summed E-state index contributed by atoms with van der Waals surface area (Å²) in [7, 11) is 0. The van der Waals surface area contributed by atoms with Crippen molar-refractivity contribution >= 4 is 11.8 Å². The van der Waals surface area contributed by atoms with Gasteiger partial charge in [0.15, 0.2) is 0 Å². The maximum absolute atomic E-state index is 9.29. The minimum absolute atomic E-state index is 0.339. The second-order valence-corrected chi connectivity index (χ2v) is 4.72. The number of rotatable bonds is 6. The molecule has 0 aromatic heterocycles. The van der Waals surface area contributed by atoms with Gasteiger partial charge in [0.1, 0.15) is 5.75 Å². The van der Waals surface area contributed by atoms with Crippen LogP contribution in [-0.2, 0) is 6.54 Å². The minimum atomic E-state index is 0.339. The number of hydrogen-bond donors (Lipinski definition) is 2. The van der Waals surface area contributed by atoms with Crippen LogP contribution in [0.3, 0.4) is 0 Å². The second-order valence-electron chi connectivity index (χ2n) is 3.73. The van der Waals surface area contributed by atoms with Crippen LogP contribution < -0.4 is 5.32 Å². The summed E-state index contributed by atoms with van der Waals surface area (Å²) < 4.78 is 0. The molecule has 0 aliphatic carbocycles. The first-order valence-electron chi connectivity index (χ1n) is 5.22. The highest BCUT2D eigenvalue weighted by Crippen LogP contribution is 2.11. The molecule has 0 radical (unpaired) electrons. The van der Waals surface area contributed by atoms with Crippen LogP contribution in [-0.4, -0.2) is 23.2 Å². The number of aromatic hydroxyl groups is 1. The molecule has 0 saturated heterocycles. The fourth-order valence-electron chi connectivity index (χ4n) is 1.36. The lowest BCUT2D eigenvalue weighted by molar-refractivity contribution is 0.473. The first-order valence-corrected chi connectivity index (χ1v) is 6.62. The summed E-state index contributed by atoms with van der Waals surface area (Å²) >= 11 is 1.87. The van der Waals surface area contributed by atoms with Crippen LogP contribution in [0.25, 0.3) is 0 Å². The van der Waals surface area contributed by atoms with Crippen LogP contribution in [0.4, 0.5) is 0 Å². The Kier molecular flexibility index (Phi) is 5.58. The zero-order valence-corrected chi connectivity index (χ0v) is 10.2. The van der Waals surface area contributed by atoms with Gasteiger partial charge in [0.05, 0.1) is 0 Å². The molecule has 2 nitrogen and oxygen atoms in total. The van der Waals surface area contributed by atoms with Crippen molar-refractivity contribution in [1.29, 1.82) is 0 Å². The van der Waals surface area contributed by atoms with Crippen molar-refractivity contribution < 1.29 is 5.11 Å². The Morgan fingerprint density at radius 3 is 2.93 bits per heavy atom. The van der Waals surface area contributed by atoms with Crippen molar-refractivity contribution in [2.24, 2.45) is 0 Å². The molecule has 1 rings (SSSR count). The first-order chi connectivity index (χ1) is 7.22. The molecule has 84 valence electrons. The molecule has 1 aromatic carbocycles. The Morgan fingerprint density at radius 2 is 2.27 bits per heavy atom. The summed E-state index contributed by atoms with van der Waals surface area (Å²) in [5.41, 5.74) is 1.13. The molecule has 1 atom stereocenters. The Labute approximate surface area is 96.1 Å². The van der Waals surface area contributed by atoms with Gasteiger partial charge in [-0.1, -0.05) is 12.1 Å². The van der Waals surface area contributed by atoms with E-state index in [0.29, 0.717) is 11.8 Å². The van der Waals surface area contributed by atoms with Gasteiger partial charge in [-0.15, -0.1) is 0 Å². The SMILES string of the molecule is CSCCC(C)NCc1cccc(O)c1. The molecule has 0 spiro atoms. The average molecular weight is 225 g/mol. The number of nitrogens with one attached hydrogen (secondary N) is 1. The van der Waals surface area contributed by atoms with E-state index in [9.17, 15) is 5.11 Å². The molecule has 0 aliphatic rings. The largest absolute Gasteiger partial charge is 0.508 e. The lowest BCUT2D eigenvalue weighted by Gasteiger charge is -2.13.